The third-order valence-corrected chi connectivity index (χ3v) is 1.57. The van der Waals surface area contributed by atoms with Gasteiger partial charge in [0.1, 0.15) is 6.26 Å². The summed E-state index contributed by atoms with van der Waals surface area (Å²) in [5.41, 5.74) is 6.25. The van der Waals surface area contributed by atoms with Crippen molar-refractivity contribution < 1.29 is 4.52 Å². The monoisotopic (exact) mass is 165 g/mol. The molecular weight excluding hydrogens is 158 g/mol. The van der Waals surface area contributed by atoms with Gasteiger partial charge in [-0.1, -0.05) is 10.4 Å². The van der Waals surface area contributed by atoms with E-state index in [2.05, 4.69) is 20.0 Å². The topological polar surface area (TPSA) is 82.8 Å². The molecule has 2 rings (SSSR count). The molecule has 0 saturated heterocycles. The molecule has 0 aliphatic rings. The average Bonchev–Trinajstić information content (AvgIpc) is 2.64. The maximum atomic E-state index is 5.49. The normalized spacial score (nSPS) is 10.4. The molecule has 0 unspecified atom stereocenters. The second-order valence-electron chi connectivity index (χ2n) is 2.33. The van der Waals surface area contributed by atoms with E-state index in [4.69, 9.17) is 5.73 Å². The summed E-state index contributed by atoms with van der Waals surface area (Å²) in [5.74, 6) is 0.981. The van der Waals surface area contributed by atoms with Gasteiger partial charge < -0.3 is 10.3 Å². The average molecular weight is 165 g/mol. The first-order chi connectivity index (χ1) is 5.79. The van der Waals surface area contributed by atoms with Gasteiger partial charge in [0.25, 0.3) is 0 Å². The lowest BCUT2D eigenvalue weighted by molar-refractivity contribution is 0.414. The van der Waals surface area contributed by atoms with Crippen LogP contribution in [0.25, 0.3) is 5.82 Å². The van der Waals surface area contributed by atoms with Crippen LogP contribution in [0.5, 0.6) is 0 Å². The summed E-state index contributed by atoms with van der Waals surface area (Å²) in [7, 11) is 0. The summed E-state index contributed by atoms with van der Waals surface area (Å²) in [5, 5.41) is 11.1. The first-order valence-corrected chi connectivity index (χ1v) is 3.37. The van der Waals surface area contributed by atoms with E-state index < -0.39 is 0 Å². The molecule has 2 aromatic rings. The Balaban J connectivity index is 2.55. The summed E-state index contributed by atoms with van der Waals surface area (Å²) in [4.78, 5) is 0. The molecule has 0 amide bonds. The smallest absolute Gasteiger partial charge is 0.198 e. The molecular formula is C6H7N5O. The van der Waals surface area contributed by atoms with Crippen LogP contribution >= 0.6 is 0 Å². The van der Waals surface area contributed by atoms with Crippen molar-refractivity contribution in [3.05, 3.63) is 18.0 Å². The molecule has 0 fully saturated rings. The largest absolute Gasteiger partial charge is 0.381 e. The van der Waals surface area contributed by atoms with Crippen molar-refractivity contribution in [2.45, 2.75) is 6.92 Å². The Morgan fingerprint density at radius 3 is 2.92 bits per heavy atom. The van der Waals surface area contributed by atoms with Crippen molar-refractivity contribution in [3.63, 3.8) is 0 Å². The van der Waals surface area contributed by atoms with Gasteiger partial charge in [-0.15, -0.1) is 5.10 Å². The Morgan fingerprint density at radius 1 is 1.58 bits per heavy atom. The molecule has 0 saturated carbocycles. The van der Waals surface area contributed by atoms with E-state index in [1.165, 1.54) is 10.9 Å². The van der Waals surface area contributed by atoms with Crippen LogP contribution in [0.3, 0.4) is 0 Å². The number of aromatic nitrogens is 4. The van der Waals surface area contributed by atoms with Gasteiger partial charge in [0.2, 0.25) is 0 Å². The highest BCUT2D eigenvalue weighted by Gasteiger charge is 2.08. The van der Waals surface area contributed by atoms with Crippen LogP contribution in [0.1, 0.15) is 5.69 Å². The molecule has 0 spiro atoms. The van der Waals surface area contributed by atoms with Gasteiger partial charge >= 0.3 is 0 Å². The molecule has 0 atom stereocenters. The molecule has 0 aromatic carbocycles. The zero-order valence-corrected chi connectivity index (χ0v) is 6.43. The van der Waals surface area contributed by atoms with Crippen molar-refractivity contribution in [3.8, 4) is 5.82 Å². The van der Waals surface area contributed by atoms with E-state index in [0.717, 1.165) is 5.69 Å². The van der Waals surface area contributed by atoms with E-state index in [0.29, 0.717) is 11.6 Å². The van der Waals surface area contributed by atoms with Crippen LogP contribution in [0, 0.1) is 6.92 Å². The second kappa shape index (κ2) is 2.33. The highest BCUT2D eigenvalue weighted by atomic mass is 16.5. The second-order valence-corrected chi connectivity index (χ2v) is 2.33. The summed E-state index contributed by atoms with van der Waals surface area (Å²) in [6.45, 7) is 1.81. The first kappa shape index (κ1) is 6.84. The summed E-state index contributed by atoms with van der Waals surface area (Å²) in [6, 6.07) is 1.68. The van der Waals surface area contributed by atoms with E-state index >= 15 is 0 Å². The maximum Gasteiger partial charge on any atom is 0.198 e. The molecule has 0 aliphatic carbocycles. The zero-order valence-electron chi connectivity index (χ0n) is 6.43. The third kappa shape index (κ3) is 0.849. The minimum absolute atomic E-state index is 0.401. The Kier molecular flexibility index (Phi) is 1.33. The SMILES string of the molecule is Cc1c(N)nnn1-c1ccon1. The summed E-state index contributed by atoms with van der Waals surface area (Å²) < 4.78 is 6.17. The molecule has 2 N–H and O–H groups in total. The Bertz CT molecular complexity index is 377. The number of anilines is 1. The Hall–Kier alpha value is -1.85. The van der Waals surface area contributed by atoms with Gasteiger partial charge in [0.15, 0.2) is 11.6 Å². The van der Waals surface area contributed by atoms with E-state index in [-0.39, 0.29) is 0 Å². The van der Waals surface area contributed by atoms with Gasteiger partial charge in [0.05, 0.1) is 5.69 Å². The van der Waals surface area contributed by atoms with E-state index in [9.17, 15) is 0 Å². The highest BCUT2D eigenvalue weighted by Crippen LogP contribution is 2.10. The van der Waals surface area contributed by atoms with Crippen LogP contribution < -0.4 is 5.73 Å². The fourth-order valence-electron chi connectivity index (χ4n) is 0.874. The fourth-order valence-corrected chi connectivity index (χ4v) is 0.874. The molecule has 2 aromatic heterocycles. The quantitative estimate of drug-likeness (QED) is 0.650. The molecule has 6 heteroatoms. The Labute approximate surface area is 68.0 Å². The molecule has 0 aliphatic heterocycles. The van der Waals surface area contributed by atoms with Crippen molar-refractivity contribution in [1.82, 2.24) is 20.2 Å². The summed E-state index contributed by atoms with van der Waals surface area (Å²) >= 11 is 0. The molecule has 12 heavy (non-hydrogen) atoms. The predicted octanol–water partition coefficient (Wildman–Crippen LogP) is 0.146. The molecule has 62 valence electrons. The number of nitrogens with two attached hydrogens (primary N) is 1. The zero-order chi connectivity index (χ0) is 8.55. The molecule has 0 bridgehead atoms. The third-order valence-electron chi connectivity index (χ3n) is 1.57. The van der Waals surface area contributed by atoms with Crippen molar-refractivity contribution in [2.24, 2.45) is 0 Å². The van der Waals surface area contributed by atoms with Gasteiger partial charge in [-0.25, -0.2) is 0 Å². The summed E-state index contributed by atoms with van der Waals surface area (Å²) in [6.07, 6.45) is 1.46. The van der Waals surface area contributed by atoms with Crippen LogP contribution in [0.2, 0.25) is 0 Å². The number of hydrogen-bond acceptors (Lipinski definition) is 5. The highest BCUT2D eigenvalue weighted by molar-refractivity contribution is 5.35. The van der Waals surface area contributed by atoms with Crippen molar-refractivity contribution in [1.29, 1.82) is 0 Å². The maximum absolute atomic E-state index is 5.49. The molecule has 0 radical (unpaired) electrons. The standard InChI is InChI=1S/C6H7N5O/c1-4-6(7)8-10-11(4)5-2-3-12-9-5/h2-3H,7H2,1H3. The first-order valence-electron chi connectivity index (χ1n) is 3.37. The number of nitrogens with zero attached hydrogens (tertiary/aromatic N) is 4. The van der Waals surface area contributed by atoms with Crippen LogP contribution in [-0.2, 0) is 0 Å². The fraction of sp³-hybridized carbons (Fsp3) is 0.167. The van der Waals surface area contributed by atoms with Crippen LogP contribution in [0.4, 0.5) is 5.82 Å². The number of nitrogen functional groups attached to an aromatic ring is 1. The molecule has 6 nitrogen and oxygen atoms in total. The van der Waals surface area contributed by atoms with Crippen LogP contribution in [-0.4, -0.2) is 20.2 Å². The van der Waals surface area contributed by atoms with Gasteiger partial charge in [-0.3, -0.25) is 0 Å². The van der Waals surface area contributed by atoms with Gasteiger partial charge in [-0.05, 0) is 6.92 Å². The minimum Gasteiger partial charge on any atom is -0.381 e. The van der Waals surface area contributed by atoms with Gasteiger partial charge in [0, 0.05) is 6.07 Å². The lowest BCUT2D eigenvalue weighted by Gasteiger charge is -1.94. The van der Waals surface area contributed by atoms with Crippen LogP contribution in [0.15, 0.2) is 16.9 Å². The lowest BCUT2D eigenvalue weighted by atomic mass is 10.5. The van der Waals surface area contributed by atoms with E-state index in [1.807, 2.05) is 6.92 Å². The van der Waals surface area contributed by atoms with E-state index in [1.54, 1.807) is 6.07 Å². The number of rotatable bonds is 1. The number of hydrogen-bond donors (Lipinski definition) is 1. The minimum atomic E-state index is 0.401. The van der Waals surface area contributed by atoms with Gasteiger partial charge in [-0.2, -0.15) is 4.68 Å². The molecule has 2 heterocycles. The van der Waals surface area contributed by atoms with Crippen molar-refractivity contribution >= 4 is 5.82 Å². The Morgan fingerprint density at radius 2 is 2.42 bits per heavy atom. The lowest BCUT2D eigenvalue weighted by Crippen LogP contribution is -1.99. The van der Waals surface area contributed by atoms with Crippen molar-refractivity contribution in [2.75, 3.05) is 5.73 Å². The predicted molar refractivity (Wildman–Crippen MR) is 40.6 cm³/mol.